The van der Waals surface area contributed by atoms with E-state index < -0.39 is 0 Å². The minimum Gasteiger partial charge on any atom is -0.379 e. The first-order valence-corrected chi connectivity index (χ1v) is 10.9. The molecule has 5 rings (SSSR count). The highest BCUT2D eigenvalue weighted by Crippen LogP contribution is 2.33. The molecule has 0 aromatic carbocycles. The number of carbonyl (C=O) groups excluding carboxylic acids is 2. The first kappa shape index (κ1) is 20.4. The van der Waals surface area contributed by atoms with Crippen molar-refractivity contribution in [2.75, 3.05) is 25.6 Å². The second-order valence-electron chi connectivity index (χ2n) is 8.34. The SMILES string of the molecule is CNC(=O)c1cnc(NC(=O)C2CC2)c2[nH]c(-c3cccn([C@@H]4CCCOC4)c3=O)cc12. The van der Waals surface area contributed by atoms with E-state index in [0.29, 0.717) is 40.1 Å². The van der Waals surface area contributed by atoms with E-state index in [1.54, 1.807) is 29.9 Å². The van der Waals surface area contributed by atoms with Gasteiger partial charge >= 0.3 is 0 Å². The van der Waals surface area contributed by atoms with E-state index >= 15 is 0 Å². The lowest BCUT2D eigenvalue weighted by atomic mass is 10.1. The molecule has 1 saturated heterocycles. The normalized spacial score (nSPS) is 18.5. The van der Waals surface area contributed by atoms with Crippen LogP contribution in [0.3, 0.4) is 0 Å². The molecule has 0 spiro atoms. The maximum atomic E-state index is 13.3. The number of hydrogen-bond acceptors (Lipinski definition) is 5. The molecule has 9 nitrogen and oxygen atoms in total. The highest BCUT2D eigenvalue weighted by atomic mass is 16.5. The molecule has 9 heteroatoms. The summed E-state index contributed by atoms with van der Waals surface area (Å²) in [4.78, 5) is 45.6. The fourth-order valence-electron chi connectivity index (χ4n) is 4.18. The van der Waals surface area contributed by atoms with Crippen molar-refractivity contribution in [2.45, 2.75) is 31.7 Å². The highest BCUT2D eigenvalue weighted by Gasteiger charge is 2.30. The number of aromatic amines is 1. The standard InChI is InChI=1S/C23H25N5O4/c1-24-22(30)17-11-25-20(27-21(29)13-6-7-13)19-16(17)10-18(26-19)15-5-2-8-28(23(15)31)14-4-3-9-32-12-14/h2,5,8,10-11,13-14,26H,3-4,6-7,9,12H2,1H3,(H,24,30)(H,25,27,29)/t14-/m1/s1. The van der Waals surface area contributed by atoms with Gasteiger partial charge in [-0.1, -0.05) is 0 Å². The predicted octanol–water partition coefficient (Wildman–Crippen LogP) is 2.45. The minimum atomic E-state index is -0.294. The van der Waals surface area contributed by atoms with Crippen LogP contribution in [-0.4, -0.2) is 46.6 Å². The fourth-order valence-corrected chi connectivity index (χ4v) is 4.18. The van der Waals surface area contributed by atoms with Crippen molar-refractivity contribution in [2.24, 2.45) is 5.92 Å². The Morgan fingerprint density at radius 2 is 2.12 bits per heavy atom. The summed E-state index contributed by atoms with van der Waals surface area (Å²) in [5.41, 5.74) is 1.80. The van der Waals surface area contributed by atoms with Crippen LogP contribution in [0.1, 0.15) is 42.1 Å². The molecule has 0 radical (unpaired) electrons. The number of pyridine rings is 2. The average molecular weight is 435 g/mol. The number of ether oxygens (including phenoxy) is 1. The Hall–Kier alpha value is -3.46. The number of hydrogen-bond donors (Lipinski definition) is 3. The van der Waals surface area contributed by atoms with Crippen molar-refractivity contribution in [3.05, 3.63) is 46.5 Å². The second-order valence-corrected chi connectivity index (χ2v) is 8.34. The molecule has 1 aliphatic carbocycles. The van der Waals surface area contributed by atoms with Gasteiger partial charge in [0.15, 0.2) is 5.82 Å². The average Bonchev–Trinajstić information content (AvgIpc) is 3.58. The molecular weight excluding hydrogens is 410 g/mol. The molecular formula is C23H25N5O4. The van der Waals surface area contributed by atoms with Gasteiger partial charge in [-0.25, -0.2) is 4.98 Å². The molecule has 32 heavy (non-hydrogen) atoms. The summed E-state index contributed by atoms with van der Waals surface area (Å²) in [6.07, 6.45) is 6.78. The van der Waals surface area contributed by atoms with Crippen LogP contribution in [0.5, 0.6) is 0 Å². The van der Waals surface area contributed by atoms with Crippen molar-refractivity contribution in [3.63, 3.8) is 0 Å². The Morgan fingerprint density at radius 3 is 2.84 bits per heavy atom. The Bertz CT molecular complexity index is 1250. The molecule has 2 fully saturated rings. The van der Waals surface area contributed by atoms with E-state index in [2.05, 4.69) is 20.6 Å². The lowest BCUT2D eigenvalue weighted by molar-refractivity contribution is -0.117. The topological polar surface area (TPSA) is 118 Å². The number of nitrogens with one attached hydrogen (secondary N) is 3. The predicted molar refractivity (Wildman–Crippen MR) is 120 cm³/mol. The van der Waals surface area contributed by atoms with Gasteiger partial charge in [0, 0.05) is 37.4 Å². The van der Waals surface area contributed by atoms with Gasteiger partial charge in [0.2, 0.25) is 5.91 Å². The molecule has 0 bridgehead atoms. The first-order chi connectivity index (χ1) is 15.6. The number of nitrogens with zero attached hydrogens (tertiary/aromatic N) is 2. The molecule has 4 heterocycles. The third-order valence-electron chi connectivity index (χ3n) is 6.12. The van der Waals surface area contributed by atoms with Crippen LogP contribution in [0.15, 0.2) is 35.4 Å². The molecule has 166 valence electrons. The summed E-state index contributed by atoms with van der Waals surface area (Å²) >= 11 is 0. The van der Waals surface area contributed by atoms with Crippen molar-refractivity contribution in [3.8, 4) is 11.3 Å². The van der Waals surface area contributed by atoms with E-state index in [4.69, 9.17) is 4.74 Å². The van der Waals surface area contributed by atoms with E-state index in [0.717, 1.165) is 32.3 Å². The zero-order valence-electron chi connectivity index (χ0n) is 17.8. The molecule has 2 amide bonds. The Morgan fingerprint density at radius 1 is 1.28 bits per heavy atom. The number of fused-ring (bicyclic) bond motifs is 1. The molecule has 1 aliphatic heterocycles. The molecule has 3 N–H and O–H groups in total. The molecule has 2 aliphatic rings. The monoisotopic (exact) mass is 435 g/mol. The number of amides is 2. The Kier molecular flexibility index (Phi) is 5.26. The quantitative estimate of drug-likeness (QED) is 0.569. The van der Waals surface area contributed by atoms with Gasteiger partial charge < -0.3 is 24.9 Å². The van der Waals surface area contributed by atoms with E-state index in [-0.39, 0.29) is 29.3 Å². The van der Waals surface area contributed by atoms with Crippen molar-refractivity contribution >= 4 is 28.5 Å². The van der Waals surface area contributed by atoms with Crippen LogP contribution >= 0.6 is 0 Å². The van der Waals surface area contributed by atoms with Gasteiger partial charge in [0.1, 0.15) is 0 Å². The van der Waals surface area contributed by atoms with Crippen LogP contribution in [0.25, 0.3) is 22.2 Å². The largest absolute Gasteiger partial charge is 0.379 e. The van der Waals surface area contributed by atoms with Gasteiger partial charge in [0.25, 0.3) is 11.5 Å². The van der Waals surface area contributed by atoms with Gasteiger partial charge in [-0.2, -0.15) is 0 Å². The first-order valence-electron chi connectivity index (χ1n) is 10.9. The van der Waals surface area contributed by atoms with Crippen molar-refractivity contribution < 1.29 is 14.3 Å². The maximum Gasteiger partial charge on any atom is 0.260 e. The molecule has 0 unspecified atom stereocenters. The van der Waals surface area contributed by atoms with Gasteiger partial charge in [-0.15, -0.1) is 0 Å². The van der Waals surface area contributed by atoms with Crippen LogP contribution in [0.4, 0.5) is 5.82 Å². The number of H-pyrrole nitrogens is 1. The van der Waals surface area contributed by atoms with E-state index in [1.165, 1.54) is 6.20 Å². The summed E-state index contributed by atoms with van der Waals surface area (Å²) in [5.74, 6) is -0.00775. The summed E-state index contributed by atoms with van der Waals surface area (Å²) in [6, 6.07) is 5.36. The van der Waals surface area contributed by atoms with Crippen LogP contribution in [0.2, 0.25) is 0 Å². The van der Waals surface area contributed by atoms with Gasteiger partial charge in [-0.05, 0) is 43.9 Å². The third kappa shape index (κ3) is 3.69. The van der Waals surface area contributed by atoms with Gasteiger partial charge in [-0.3, -0.25) is 14.4 Å². The summed E-state index contributed by atoms with van der Waals surface area (Å²) in [5, 5.41) is 6.07. The maximum absolute atomic E-state index is 13.3. The number of rotatable bonds is 5. The Balaban J connectivity index is 1.61. The zero-order chi connectivity index (χ0) is 22.2. The second kappa shape index (κ2) is 8.23. The molecule has 1 saturated carbocycles. The summed E-state index contributed by atoms with van der Waals surface area (Å²) in [7, 11) is 1.55. The Labute approximate surface area is 184 Å². The fraction of sp³-hybridized carbons (Fsp3) is 0.391. The summed E-state index contributed by atoms with van der Waals surface area (Å²) < 4.78 is 7.27. The van der Waals surface area contributed by atoms with Gasteiger partial charge in [0.05, 0.1) is 35.0 Å². The van der Waals surface area contributed by atoms with Crippen molar-refractivity contribution in [1.82, 2.24) is 19.9 Å². The minimum absolute atomic E-state index is 0.00272. The highest BCUT2D eigenvalue weighted by molar-refractivity contribution is 6.11. The van der Waals surface area contributed by atoms with Crippen LogP contribution in [-0.2, 0) is 9.53 Å². The van der Waals surface area contributed by atoms with E-state index in [1.807, 2.05) is 6.07 Å². The van der Waals surface area contributed by atoms with Crippen LogP contribution < -0.4 is 16.2 Å². The van der Waals surface area contributed by atoms with Crippen molar-refractivity contribution in [1.29, 1.82) is 0 Å². The third-order valence-corrected chi connectivity index (χ3v) is 6.12. The number of aromatic nitrogens is 3. The molecule has 3 aromatic heterocycles. The number of carbonyl (C=O) groups is 2. The lowest BCUT2D eigenvalue weighted by Crippen LogP contribution is -2.30. The smallest absolute Gasteiger partial charge is 0.260 e. The van der Waals surface area contributed by atoms with Crippen LogP contribution in [0, 0.1) is 5.92 Å². The summed E-state index contributed by atoms with van der Waals surface area (Å²) in [6.45, 7) is 1.23. The molecule has 3 aromatic rings. The number of anilines is 1. The molecule has 1 atom stereocenters. The van der Waals surface area contributed by atoms with E-state index in [9.17, 15) is 14.4 Å². The lowest BCUT2D eigenvalue weighted by Gasteiger charge is -2.24. The zero-order valence-corrected chi connectivity index (χ0v) is 17.8.